The van der Waals surface area contributed by atoms with Crippen LogP contribution in [0.1, 0.15) is 32.9 Å². The Bertz CT molecular complexity index is 1420. The van der Waals surface area contributed by atoms with Crippen LogP contribution in [0, 0.1) is 0 Å². The van der Waals surface area contributed by atoms with E-state index < -0.39 is 18.9 Å². The van der Waals surface area contributed by atoms with Crippen molar-refractivity contribution in [3.05, 3.63) is 58.7 Å². The molecule has 3 aromatic rings. The number of nitrogens with one attached hydrogen (secondary N) is 1. The predicted molar refractivity (Wildman–Crippen MR) is 122 cm³/mol. The summed E-state index contributed by atoms with van der Waals surface area (Å²) in [7, 11) is 1.51. The molecule has 168 valence electrons. The summed E-state index contributed by atoms with van der Waals surface area (Å²) < 4.78 is 30.0. The van der Waals surface area contributed by atoms with Crippen molar-refractivity contribution in [1.82, 2.24) is 20.0 Å². The van der Waals surface area contributed by atoms with E-state index in [-0.39, 0.29) is 31.2 Å². The molecular formula is C24H21ClN4O4. The fourth-order valence-corrected chi connectivity index (χ4v) is 4.64. The Labute approximate surface area is 199 Å². The molecule has 0 bridgehead atoms. The van der Waals surface area contributed by atoms with Gasteiger partial charge in [-0.15, -0.1) is 0 Å². The van der Waals surface area contributed by atoms with Gasteiger partial charge in [0.1, 0.15) is 11.8 Å². The molecule has 2 aliphatic heterocycles. The van der Waals surface area contributed by atoms with E-state index in [1.54, 1.807) is 36.4 Å². The molecule has 1 aromatic heterocycles. The monoisotopic (exact) mass is 467 g/mol. The lowest BCUT2D eigenvalue weighted by atomic mass is 9.98. The molecule has 0 spiro atoms. The Morgan fingerprint density at radius 2 is 1.97 bits per heavy atom. The first-order valence-electron chi connectivity index (χ1n) is 11.8. The number of hydrogen-bond donors (Lipinski definition) is 1. The molecule has 2 aromatic carbocycles. The maximum Gasteiger partial charge on any atom is 0.255 e. The number of methoxy groups -OCH3 is 1. The highest BCUT2D eigenvalue weighted by atomic mass is 35.5. The highest BCUT2D eigenvalue weighted by molar-refractivity contribution is 6.33. The van der Waals surface area contributed by atoms with E-state index in [1.165, 1.54) is 18.2 Å². The number of fused-ring (bicyclic) bond motifs is 1. The van der Waals surface area contributed by atoms with Gasteiger partial charge in [0.15, 0.2) is 0 Å². The van der Waals surface area contributed by atoms with E-state index in [9.17, 15) is 14.4 Å². The van der Waals surface area contributed by atoms with Gasteiger partial charge >= 0.3 is 0 Å². The van der Waals surface area contributed by atoms with Gasteiger partial charge in [0, 0.05) is 40.7 Å². The summed E-state index contributed by atoms with van der Waals surface area (Å²) in [6, 6.07) is 9.39. The second-order valence-corrected chi connectivity index (χ2v) is 8.34. The van der Waals surface area contributed by atoms with Crippen LogP contribution in [0.4, 0.5) is 0 Å². The zero-order chi connectivity index (χ0) is 25.8. The van der Waals surface area contributed by atoms with Crippen molar-refractivity contribution in [3.8, 4) is 28.1 Å². The number of imide groups is 1. The predicted octanol–water partition coefficient (Wildman–Crippen LogP) is 3.18. The van der Waals surface area contributed by atoms with Gasteiger partial charge in [-0.1, -0.05) is 17.7 Å². The van der Waals surface area contributed by atoms with Gasteiger partial charge in [-0.2, -0.15) is 5.10 Å². The van der Waals surface area contributed by atoms with Crippen LogP contribution < -0.4 is 10.1 Å². The Morgan fingerprint density at radius 3 is 2.70 bits per heavy atom. The molecule has 9 heteroatoms. The van der Waals surface area contributed by atoms with Crippen molar-refractivity contribution in [2.75, 3.05) is 7.11 Å². The van der Waals surface area contributed by atoms with Crippen LogP contribution in [0.2, 0.25) is 5.02 Å². The standard InChI is InChI=1S/C24H21ClN4O4/c1-28-22(17-6-4-15(33-2)10-19(17)25)18(11-26-28)13-3-5-16-14(9-13)12-29(24(16)32)20-7-8-21(30)27-23(20)31/h3-6,9-11,20H,7-8,12H2,1-2H3,(H,27,30,31)/i1D3. The average Bonchev–Trinajstić information content (AvgIpc) is 3.40. The number of halogens is 1. The molecule has 5 rings (SSSR count). The van der Waals surface area contributed by atoms with E-state index in [0.29, 0.717) is 44.3 Å². The largest absolute Gasteiger partial charge is 0.497 e. The first-order valence-corrected chi connectivity index (χ1v) is 10.7. The summed E-state index contributed by atoms with van der Waals surface area (Å²) in [5.41, 5.74) is 3.07. The third-order valence-electron chi connectivity index (χ3n) is 6.04. The Kier molecular flexibility index (Phi) is 4.35. The van der Waals surface area contributed by atoms with Crippen molar-refractivity contribution in [1.29, 1.82) is 0 Å². The zero-order valence-electron chi connectivity index (χ0n) is 20.6. The number of nitrogens with zero attached hydrogens (tertiary/aromatic N) is 3. The number of ether oxygens (including phenoxy) is 1. The first kappa shape index (κ1) is 17.9. The molecule has 2 aliphatic rings. The molecule has 0 saturated carbocycles. The van der Waals surface area contributed by atoms with E-state index in [0.717, 1.165) is 4.68 Å². The molecule has 1 fully saturated rings. The lowest BCUT2D eigenvalue weighted by molar-refractivity contribution is -0.136. The minimum Gasteiger partial charge on any atom is -0.497 e. The van der Waals surface area contributed by atoms with Crippen molar-refractivity contribution in [3.63, 3.8) is 0 Å². The van der Waals surface area contributed by atoms with Crippen LogP contribution in [-0.2, 0) is 23.1 Å². The van der Waals surface area contributed by atoms with E-state index in [1.807, 2.05) is 0 Å². The highest BCUT2D eigenvalue weighted by Gasteiger charge is 2.39. The molecule has 33 heavy (non-hydrogen) atoms. The summed E-state index contributed by atoms with van der Waals surface area (Å²) in [6.45, 7) is -2.37. The summed E-state index contributed by atoms with van der Waals surface area (Å²) in [5.74, 6) is -0.598. The second-order valence-electron chi connectivity index (χ2n) is 7.94. The number of amides is 3. The van der Waals surface area contributed by atoms with Crippen LogP contribution in [0.25, 0.3) is 22.4 Å². The van der Waals surface area contributed by atoms with Gasteiger partial charge in [-0.25, -0.2) is 0 Å². The van der Waals surface area contributed by atoms with E-state index in [2.05, 4.69) is 10.4 Å². The molecule has 1 N–H and O–H groups in total. The number of aryl methyl sites for hydroxylation is 1. The van der Waals surface area contributed by atoms with Gasteiger partial charge in [0.25, 0.3) is 5.91 Å². The van der Waals surface area contributed by atoms with Gasteiger partial charge in [0.2, 0.25) is 11.8 Å². The lowest BCUT2D eigenvalue weighted by Crippen LogP contribution is -2.52. The number of carbonyl (C=O) groups is 3. The number of rotatable bonds is 4. The SMILES string of the molecule is [2H]C([2H])([2H])n1ncc(-c2ccc3c(c2)CN(C2CCC(=O)NC2=O)C3=O)c1-c1ccc(OC)cc1Cl. The third-order valence-corrected chi connectivity index (χ3v) is 6.35. The molecule has 1 saturated heterocycles. The van der Waals surface area contributed by atoms with Crippen LogP contribution in [0.15, 0.2) is 42.6 Å². The average molecular weight is 468 g/mol. The second kappa shape index (κ2) is 8.04. The Hall–Kier alpha value is -3.65. The topological polar surface area (TPSA) is 93.5 Å². The van der Waals surface area contributed by atoms with Crippen LogP contribution in [0.3, 0.4) is 0 Å². The third kappa shape index (κ3) is 3.56. The number of benzene rings is 2. The van der Waals surface area contributed by atoms with Gasteiger partial charge < -0.3 is 9.64 Å². The smallest absolute Gasteiger partial charge is 0.255 e. The molecule has 3 heterocycles. The number of carbonyl (C=O) groups excluding carboxylic acids is 3. The first-order chi connectivity index (χ1) is 17.1. The fourth-order valence-electron chi connectivity index (χ4n) is 4.38. The van der Waals surface area contributed by atoms with Gasteiger partial charge in [-0.3, -0.25) is 24.4 Å². The van der Waals surface area contributed by atoms with Crippen LogP contribution in [0.5, 0.6) is 5.75 Å². The highest BCUT2D eigenvalue weighted by Crippen LogP contribution is 2.39. The minimum absolute atomic E-state index is 0.169. The summed E-state index contributed by atoms with van der Waals surface area (Å²) >= 11 is 6.51. The quantitative estimate of drug-likeness (QED) is 0.595. The van der Waals surface area contributed by atoms with Gasteiger partial charge in [0.05, 0.1) is 24.0 Å². The van der Waals surface area contributed by atoms with E-state index in [4.69, 9.17) is 20.5 Å². The summed E-state index contributed by atoms with van der Waals surface area (Å²) in [5, 5.41) is 6.72. The molecule has 1 atom stereocenters. The Morgan fingerprint density at radius 1 is 1.15 bits per heavy atom. The number of aromatic nitrogens is 2. The van der Waals surface area contributed by atoms with Crippen LogP contribution in [-0.4, -0.2) is 45.6 Å². The molecule has 3 amide bonds. The maximum atomic E-state index is 13.0. The van der Waals surface area contributed by atoms with Gasteiger partial charge in [-0.05, 0) is 47.9 Å². The number of piperidine rings is 1. The fraction of sp³-hybridized carbons (Fsp3) is 0.250. The normalized spacial score (nSPS) is 19.6. The molecule has 0 radical (unpaired) electrons. The summed E-state index contributed by atoms with van der Waals surface area (Å²) in [4.78, 5) is 38.4. The zero-order valence-corrected chi connectivity index (χ0v) is 18.3. The Balaban J connectivity index is 1.56. The van der Waals surface area contributed by atoms with Crippen molar-refractivity contribution in [2.24, 2.45) is 6.98 Å². The summed E-state index contributed by atoms with van der Waals surface area (Å²) in [6.07, 6.45) is 1.89. The van der Waals surface area contributed by atoms with Crippen molar-refractivity contribution >= 4 is 29.3 Å². The van der Waals surface area contributed by atoms with Crippen molar-refractivity contribution in [2.45, 2.75) is 25.4 Å². The lowest BCUT2D eigenvalue weighted by Gasteiger charge is -2.29. The minimum atomic E-state index is -2.56. The molecule has 8 nitrogen and oxygen atoms in total. The maximum absolute atomic E-state index is 13.0. The molecular weight excluding hydrogens is 444 g/mol. The van der Waals surface area contributed by atoms with E-state index >= 15 is 0 Å². The van der Waals surface area contributed by atoms with Crippen molar-refractivity contribution < 1.29 is 23.2 Å². The molecule has 0 aliphatic carbocycles. The molecule has 1 unspecified atom stereocenters. The van der Waals surface area contributed by atoms with Crippen LogP contribution >= 0.6 is 11.6 Å². The number of hydrogen-bond acceptors (Lipinski definition) is 5.